The Morgan fingerprint density at radius 1 is 1.06 bits per heavy atom. The Hall–Kier alpha value is -4.85. The smallest absolute Gasteiger partial charge is 0.311 e. The molecule has 8 rings (SSSR count). The van der Waals surface area contributed by atoms with Gasteiger partial charge in [0.1, 0.15) is 17.2 Å². The number of pyridine rings is 1. The average Bonchev–Trinajstić information content (AvgIpc) is 3.63. The lowest BCUT2D eigenvalue weighted by Crippen LogP contribution is -2.52. The largest absolute Gasteiger partial charge is 0.466 e. The summed E-state index contributed by atoms with van der Waals surface area (Å²) >= 11 is 0. The van der Waals surface area contributed by atoms with Gasteiger partial charge in [-0.25, -0.2) is 31.3 Å². The number of nitrogens with one attached hydrogen (secondary N) is 2. The molecular weight excluding hydrogens is 625 g/mol. The molecule has 244 valence electrons. The van der Waals surface area contributed by atoms with Gasteiger partial charge in [-0.1, -0.05) is 17.7 Å². The van der Waals surface area contributed by atoms with Gasteiger partial charge in [-0.3, -0.25) is 9.59 Å². The van der Waals surface area contributed by atoms with Crippen LogP contribution in [-0.4, -0.2) is 56.5 Å². The summed E-state index contributed by atoms with van der Waals surface area (Å²) in [5.41, 5.74) is 1.63. The molecule has 47 heavy (non-hydrogen) atoms. The van der Waals surface area contributed by atoms with Crippen LogP contribution in [0.5, 0.6) is 0 Å². The molecule has 0 saturated heterocycles. The maximum absolute atomic E-state index is 14.7. The van der Waals surface area contributed by atoms with E-state index in [1.165, 1.54) is 35.8 Å². The summed E-state index contributed by atoms with van der Waals surface area (Å²) in [4.78, 5) is 34.4. The predicted octanol–water partition coefficient (Wildman–Crippen LogP) is 5.17. The quantitative estimate of drug-likeness (QED) is 0.215. The minimum absolute atomic E-state index is 0.00161. The third kappa shape index (κ3) is 5.39. The zero-order valence-corrected chi connectivity index (χ0v) is 26.9. The third-order valence-electron chi connectivity index (χ3n) is 9.29. The average molecular weight is 660 g/mol. The molecule has 2 N–H and O–H groups in total. The van der Waals surface area contributed by atoms with Crippen LogP contribution >= 0.6 is 0 Å². The molecular formula is C33H34FN7O5S. The number of nitrogens with zero attached hydrogens (tertiary/aromatic N) is 5. The molecule has 0 aliphatic heterocycles. The number of anilines is 2. The van der Waals surface area contributed by atoms with Crippen molar-refractivity contribution in [1.82, 2.24) is 23.6 Å². The second-order valence-corrected chi connectivity index (χ2v) is 14.1. The van der Waals surface area contributed by atoms with Crippen LogP contribution in [0.15, 0.2) is 59.8 Å². The van der Waals surface area contributed by atoms with Crippen LogP contribution in [0.2, 0.25) is 0 Å². The number of rotatable bonds is 8. The number of fused-ring (bicyclic) bond motifs is 5. The molecule has 12 nitrogen and oxygen atoms in total. The first-order valence-corrected chi connectivity index (χ1v) is 17.1. The van der Waals surface area contributed by atoms with Gasteiger partial charge >= 0.3 is 5.97 Å². The van der Waals surface area contributed by atoms with Crippen LogP contribution in [0.4, 0.5) is 16.0 Å². The summed E-state index contributed by atoms with van der Waals surface area (Å²) in [6, 6.07) is 10.8. The monoisotopic (exact) mass is 659 g/mol. The maximum Gasteiger partial charge on any atom is 0.311 e. The molecule has 3 saturated carbocycles. The normalized spacial score (nSPS) is 20.9. The van der Waals surface area contributed by atoms with E-state index in [4.69, 9.17) is 14.8 Å². The lowest BCUT2D eigenvalue weighted by molar-refractivity contribution is -0.154. The molecule has 3 aliphatic carbocycles. The van der Waals surface area contributed by atoms with Crippen molar-refractivity contribution in [3.63, 3.8) is 0 Å². The summed E-state index contributed by atoms with van der Waals surface area (Å²) in [5.74, 6) is -0.427. The molecule has 0 radical (unpaired) electrons. The van der Waals surface area contributed by atoms with E-state index in [0.717, 1.165) is 41.4 Å². The molecule has 2 bridgehead atoms. The topological polar surface area (TPSA) is 150 Å². The highest BCUT2D eigenvalue weighted by atomic mass is 32.2. The highest BCUT2D eigenvalue weighted by Gasteiger charge is 2.48. The minimum Gasteiger partial charge on any atom is -0.466 e. The van der Waals surface area contributed by atoms with Crippen molar-refractivity contribution in [2.24, 2.45) is 17.8 Å². The molecule has 4 heterocycles. The third-order valence-corrected chi connectivity index (χ3v) is 11.0. The van der Waals surface area contributed by atoms with Crippen LogP contribution in [0.1, 0.15) is 45.1 Å². The minimum atomic E-state index is -4.15. The Balaban J connectivity index is 1.41. The lowest BCUT2D eigenvalue weighted by Gasteiger charge is -2.47. The van der Waals surface area contributed by atoms with Crippen molar-refractivity contribution in [3.05, 3.63) is 66.2 Å². The molecule has 1 amide bonds. The first-order valence-electron chi connectivity index (χ1n) is 15.6. The fraction of sp³-hybridized carbons (Fsp3) is 0.364. The van der Waals surface area contributed by atoms with Crippen molar-refractivity contribution in [2.75, 3.05) is 17.2 Å². The molecule has 0 unspecified atom stereocenters. The second-order valence-electron chi connectivity index (χ2n) is 12.3. The fourth-order valence-corrected chi connectivity index (χ4v) is 8.45. The number of amides is 1. The zero-order valence-electron chi connectivity index (χ0n) is 26.1. The standard InChI is InChI=1S/C33H34FN7O5S/c1-4-46-33(43)28-20-7-9-21(10-8-20)29(28)37-31-26-13-14-27(36-19(3)42)41(26)39-30(38-31)25-17-40(32-24(25)15-22(34)16-35-32)47(44,45)23-11-5-18(2)6-12-23/h5-6,11-17,20-21,28-29H,4,7-10H2,1-3H3,(H,36,42)(H,37,38,39)/t20-,21+,28-,29-/m0/s1. The highest BCUT2D eigenvalue weighted by Crippen LogP contribution is 2.47. The van der Waals surface area contributed by atoms with Gasteiger partial charge < -0.3 is 15.4 Å². The first kappa shape index (κ1) is 30.8. The number of aryl methyl sites for hydroxylation is 1. The van der Waals surface area contributed by atoms with Crippen LogP contribution < -0.4 is 10.6 Å². The molecule has 2 atom stereocenters. The lowest BCUT2D eigenvalue weighted by atomic mass is 9.61. The van der Waals surface area contributed by atoms with Crippen molar-refractivity contribution >= 4 is 50.1 Å². The Bertz CT molecular complexity index is 2140. The van der Waals surface area contributed by atoms with Crippen molar-refractivity contribution in [2.45, 2.75) is 57.4 Å². The van der Waals surface area contributed by atoms with Gasteiger partial charge in [0.05, 0.1) is 23.6 Å². The molecule has 1 aromatic carbocycles. The summed E-state index contributed by atoms with van der Waals surface area (Å²) in [6.45, 7) is 5.30. The van der Waals surface area contributed by atoms with E-state index in [1.807, 2.05) is 6.92 Å². The zero-order chi connectivity index (χ0) is 33.0. The Morgan fingerprint density at radius 2 is 1.79 bits per heavy atom. The van der Waals surface area contributed by atoms with E-state index < -0.39 is 15.8 Å². The summed E-state index contributed by atoms with van der Waals surface area (Å²) in [6.07, 6.45) is 6.10. The highest BCUT2D eigenvalue weighted by molar-refractivity contribution is 7.90. The number of carbonyl (C=O) groups is 2. The summed E-state index contributed by atoms with van der Waals surface area (Å²) in [7, 11) is -4.15. The van der Waals surface area contributed by atoms with E-state index >= 15 is 0 Å². The molecule has 3 aliphatic rings. The van der Waals surface area contributed by atoms with Crippen LogP contribution in [-0.2, 0) is 24.3 Å². The van der Waals surface area contributed by atoms with Crippen LogP contribution in [0.25, 0.3) is 27.9 Å². The second kappa shape index (κ2) is 11.7. The Morgan fingerprint density at radius 3 is 2.49 bits per heavy atom. The van der Waals surface area contributed by atoms with Gasteiger partial charge in [-0.05, 0) is 81.7 Å². The number of carbonyl (C=O) groups excluding carboxylic acids is 2. The van der Waals surface area contributed by atoms with Crippen LogP contribution in [0.3, 0.4) is 0 Å². The van der Waals surface area contributed by atoms with Gasteiger partial charge in [-0.2, -0.15) is 0 Å². The van der Waals surface area contributed by atoms with E-state index in [-0.39, 0.29) is 69.6 Å². The SMILES string of the molecule is CCOC(=O)[C@H]1[C@H]2CC[C@H](CC2)[C@@H]1Nc1nc(-c2cn(S(=O)(=O)c3ccc(C)cc3)c3ncc(F)cc23)nn2c(NC(C)=O)ccc12. The van der Waals surface area contributed by atoms with Gasteiger partial charge in [-0.15, -0.1) is 5.10 Å². The van der Waals surface area contributed by atoms with E-state index in [0.29, 0.717) is 17.2 Å². The number of benzene rings is 1. The molecule has 4 aromatic heterocycles. The van der Waals surface area contributed by atoms with Crippen molar-refractivity contribution in [3.8, 4) is 11.4 Å². The molecule has 3 fully saturated rings. The molecule has 5 aromatic rings. The predicted molar refractivity (Wildman–Crippen MR) is 173 cm³/mol. The molecule has 0 spiro atoms. The molecule has 14 heteroatoms. The Labute approximate surface area is 270 Å². The van der Waals surface area contributed by atoms with Gasteiger partial charge in [0, 0.05) is 30.1 Å². The van der Waals surface area contributed by atoms with Gasteiger partial charge in [0.25, 0.3) is 10.0 Å². The fourth-order valence-electron chi connectivity index (χ4n) is 7.12. The van der Waals surface area contributed by atoms with Gasteiger partial charge in [0.2, 0.25) is 5.91 Å². The van der Waals surface area contributed by atoms with Crippen molar-refractivity contribution in [1.29, 1.82) is 0 Å². The first-order chi connectivity index (χ1) is 22.5. The van der Waals surface area contributed by atoms with E-state index in [1.54, 1.807) is 31.2 Å². The number of hydrogen-bond acceptors (Lipinski definition) is 9. The number of ether oxygens (including phenoxy) is 1. The maximum atomic E-state index is 14.7. The Kier molecular flexibility index (Phi) is 7.69. The summed E-state index contributed by atoms with van der Waals surface area (Å²) in [5, 5.41) is 11.2. The number of hydrogen-bond donors (Lipinski definition) is 2. The van der Waals surface area contributed by atoms with Gasteiger partial charge in [0.15, 0.2) is 17.3 Å². The number of halogens is 1. The van der Waals surface area contributed by atoms with Crippen molar-refractivity contribution < 1.29 is 27.1 Å². The number of esters is 1. The summed E-state index contributed by atoms with van der Waals surface area (Å²) < 4.78 is 50.4. The number of aromatic nitrogens is 5. The van der Waals surface area contributed by atoms with E-state index in [9.17, 15) is 22.4 Å². The van der Waals surface area contributed by atoms with E-state index in [2.05, 4.69) is 15.6 Å². The van der Waals surface area contributed by atoms with Crippen LogP contribution in [0, 0.1) is 30.5 Å².